The molecule has 2 fully saturated rings. The van der Waals surface area contributed by atoms with E-state index in [9.17, 15) is 4.79 Å². The first-order valence-corrected chi connectivity index (χ1v) is 11.9. The Bertz CT molecular complexity index is 562. The monoisotopic (exact) mass is 440 g/mol. The molecule has 2 N–H and O–H groups in total. The molecule has 2 aliphatic rings. The molecular formula is C23H44N4O4. The van der Waals surface area contributed by atoms with Gasteiger partial charge in [-0.3, -0.25) is 4.99 Å². The van der Waals surface area contributed by atoms with E-state index >= 15 is 0 Å². The quantitative estimate of drug-likeness (QED) is 0.467. The summed E-state index contributed by atoms with van der Waals surface area (Å²) >= 11 is 0. The van der Waals surface area contributed by atoms with E-state index in [4.69, 9.17) is 14.2 Å². The molecular weight excluding hydrogens is 396 g/mol. The summed E-state index contributed by atoms with van der Waals surface area (Å²) in [5.41, 5.74) is -0.509. The molecule has 0 bridgehead atoms. The normalized spacial score (nSPS) is 22.4. The fourth-order valence-corrected chi connectivity index (χ4v) is 3.86. The number of aliphatic imine (C=N–C) groups is 1. The van der Waals surface area contributed by atoms with Crippen LogP contribution in [0.15, 0.2) is 4.99 Å². The van der Waals surface area contributed by atoms with E-state index in [2.05, 4.69) is 34.4 Å². The third-order valence-electron chi connectivity index (χ3n) is 5.73. The average Bonchev–Trinajstić information content (AvgIpc) is 2.72. The van der Waals surface area contributed by atoms with Crippen LogP contribution in [-0.4, -0.2) is 80.7 Å². The molecule has 0 aromatic heterocycles. The van der Waals surface area contributed by atoms with Gasteiger partial charge in [-0.2, -0.15) is 0 Å². The molecule has 2 atom stereocenters. The Hall–Kier alpha value is -1.54. The van der Waals surface area contributed by atoms with Gasteiger partial charge in [0.15, 0.2) is 5.96 Å². The van der Waals surface area contributed by atoms with E-state index in [1.807, 2.05) is 20.8 Å². The number of carbonyl (C=O) groups excluding carboxylic acids is 1. The van der Waals surface area contributed by atoms with Gasteiger partial charge in [0.1, 0.15) is 5.60 Å². The van der Waals surface area contributed by atoms with Gasteiger partial charge >= 0.3 is 6.09 Å². The highest BCUT2D eigenvalue weighted by Gasteiger charge is 2.25. The molecule has 8 heteroatoms. The van der Waals surface area contributed by atoms with Crippen LogP contribution < -0.4 is 10.6 Å². The molecule has 2 saturated heterocycles. The number of hydrogen-bond donors (Lipinski definition) is 2. The fraction of sp³-hybridized carbons (Fsp3) is 0.913. The molecule has 0 aromatic rings. The number of piperidine rings is 1. The van der Waals surface area contributed by atoms with Gasteiger partial charge in [0.25, 0.3) is 0 Å². The number of rotatable bonds is 7. The van der Waals surface area contributed by atoms with Crippen LogP contribution in [-0.2, 0) is 14.2 Å². The highest BCUT2D eigenvalue weighted by atomic mass is 16.6. The first kappa shape index (κ1) is 25.7. The molecule has 8 nitrogen and oxygen atoms in total. The summed E-state index contributed by atoms with van der Waals surface area (Å²) < 4.78 is 17.3. The van der Waals surface area contributed by atoms with Crippen LogP contribution in [0.4, 0.5) is 4.79 Å². The summed E-state index contributed by atoms with van der Waals surface area (Å²) in [5, 5.41) is 6.41. The highest BCUT2D eigenvalue weighted by Crippen LogP contribution is 2.18. The Morgan fingerprint density at radius 1 is 1.19 bits per heavy atom. The summed E-state index contributed by atoms with van der Waals surface area (Å²) in [5.74, 6) is 1.13. The summed E-state index contributed by atoms with van der Waals surface area (Å²) in [6.07, 6.45) is 5.67. The zero-order valence-corrected chi connectivity index (χ0v) is 20.4. The van der Waals surface area contributed by atoms with Crippen LogP contribution >= 0.6 is 0 Å². The van der Waals surface area contributed by atoms with Crippen molar-refractivity contribution in [1.29, 1.82) is 0 Å². The number of guanidine groups is 1. The minimum atomic E-state index is -0.509. The van der Waals surface area contributed by atoms with Gasteiger partial charge in [0.2, 0.25) is 0 Å². The second-order valence-corrected chi connectivity index (χ2v) is 9.93. The minimum Gasteiger partial charge on any atom is -0.444 e. The summed E-state index contributed by atoms with van der Waals surface area (Å²) in [7, 11) is 1.80. The summed E-state index contributed by atoms with van der Waals surface area (Å²) in [6.45, 7) is 13.8. The molecule has 0 aliphatic carbocycles. The SMILES string of the molecule is CN=C(NCC(NC(=O)OC(C)(C)C)C(C)C)N1CCC(OCC2CCCCO2)CC1. The maximum atomic E-state index is 12.2. The number of carbonyl (C=O) groups is 1. The van der Waals surface area contributed by atoms with E-state index in [-0.39, 0.29) is 30.3 Å². The van der Waals surface area contributed by atoms with Gasteiger partial charge in [0, 0.05) is 33.3 Å². The van der Waals surface area contributed by atoms with Gasteiger partial charge in [-0.15, -0.1) is 0 Å². The third-order valence-corrected chi connectivity index (χ3v) is 5.73. The lowest BCUT2D eigenvalue weighted by Crippen LogP contribution is -2.52. The molecule has 0 spiro atoms. The van der Waals surface area contributed by atoms with Crippen LogP contribution in [0.3, 0.4) is 0 Å². The molecule has 0 radical (unpaired) electrons. The van der Waals surface area contributed by atoms with E-state index in [1.165, 1.54) is 12.8 Å². The van der Waals surface area contributed by atoms with E-state index in [1.54, 1.807) is 7.05 Å². The van der Waals surface area contributed by atoms with E-state index < -0.39 is 5.60 Å². The predicted octanol–water partition coefficient (Wildman–Crippen LogP) is 3.16. The Kier molecular flexibility index (Phi) is 10.4. The molecule has 0 saturated carbocycles. The van der Waals surface area contributed by atoms with Crippen molar-refractivity contribution in [2.75, 3.05) is 39.9 Å². The van der Waals surface area contributed by atoms with Gasteiger partial charge in [0.05, 0.1) is 24.9 Å². The largest absolute Gasteiger partial charge is 0.444 e. The second-order valence-electron chi connectivity index (χ2n) is 9.93. The van der Waals surface area contributed by atoms with Crippen molar-refractivity contribution in [3.8, 4) is 0 Å². The van der Waals surface area contributed by atoms with Crippen LogP contribution in [0.25, 0.3) is 0 Å². The number of amides is 1. The molecule has 1 amide bonds. The van der Waals surface area contributed by atoms with Gasteiger partial charge in [-0.25, -0.2) is 4.79 Å². The van der Waals surface area contributed by atoms with Crippen molar-refractivity contribution in [3.05, 3.63) is 0 Å². The number of ether oxygens (including phenoxy) is 3. The predicted molar refractivity (Wildman–Crippen MR) is 123 cm³/mol. The van der Waals surface area contributed by atoms with E-state index in [0.29, 0.717) is 13.2 Å². The van der Waals surface area contributed by atoms with Crippen molar-refractivity contribution in [1.82, 2.24) is 15.5 Å². The number of alkyl carbamates (subject to hydrolysis) is 1. The van der Waals surface area contributed by atoms with Crippen LogP contribution in [0.1, 0.15) is 66.7 Å². The number of nitrogens with one attached hydrogen (secondary N) is 2. The lowest BCUT2D eigenvalue weighted by atomic mass is 10.0. The van der Waals surface area contributed by atoms with Gasteiger partial charge in [-0.1, -0.05) is 13.8 Å². The number of likely N-dealkylation sites (tertiary alicyclic amines) is 1. The molecule has 2 heterocycles. The zero-order chi connectivity index (χ0) is 22.9. The van der Waals surface area contributed by atoms with Crippen molar-refractivity contribution < 1.29 is 19.0 Å². The van der Waals surface area contributed by atoms with Crippen molar-refractivity contribution in [3.63, 3.8) is 0 Å². The molecule has 31 heavy (non-hydrogen) atoms. The molecule has 180 valence electrons. The molecule has 2 unspecified atom stereocenters. The maximum Gasteiger partial charge on any atom is 0.407 e. The fourth-order valence-electron chi connectivity index (χ4n) is 3.86. The number of nitrogens with zero attached hydrogens (tertiary/aromatic N) is 2. The minimum absolute atomic E-state index is 0.0528. The zero-order valence-electron chi connectivity index (χ0n) is 20.4. The molecule has 2 rings (SSSR count). The van der Waals surface area contributed by atoms with Gasteiger partial charge < -0.3 is 29.7 Å². The first-order valence-electron chi connectivity index (χ1n) is 11.9. The van der Waals surface area contributed by atoms with E-state index in [0.717, 1.165) is 44.9 Å². The summed E-state index contributed by atoms with van der Waals surface area (Å²) in [6, 6.07) is -0.0528. The van der Waals surface area contributed by atoms with Crippen LogP contribution in [0.2, 0.25) is 0 Å². The van der Waals surface area contributed by atoms with Crippen molar-refractivity contribution >= 4 is 12.1 Å². The third kappa shape index (κ3) is 9.64. The highest BCUT2D eigenvalue weighted by molar-refractivity contribution is 5.80. The lowest BCUT2D eigenvalue weighted by Gasteiger charge is -2.35. The summed E-state index contributed by atoms with van der Waals surface area (Å²) in [4.78, 5) is 18.9. The van der Waals surface area contributed by atoms with Crippen LogP contribution in [0.5, 0.6) is 0 Å². The van der Waals surface area contributed by atoms with Crippen molar-refractivity contribution in [2.24, 2.45) is 10.9 Å². The standard InChI is InChI=1S/C23H44N4O4/c1-17(2)20(26-22(28)31-23(3,4)5)15-25-21(24-6)27-12-10-18(11-13-27)30-16-19-9-7-8-14-29-19/h17-20H,7-16H2,1-6H3,(H,24,25)(H,26,28). The number of hydrogen-bond acceptors (Lipinski definition) is 5. The Morgan fingerprint density at radius 2 is 1.90 bits per heavy atom. The molecule has 2 aliphatic heterocycles. The average molecular weight is 441 g/mol. The smallest absolute Gasteiger partial charge is 0.407 e. The van der Waals surface area contributed by atoms with Crippen LogP contribution in [0, 0.1) is 5.92 Å². The Labute approximate surface area is 188 Å². The van der Waals surface area contributed by atoms with Gasteiger partial charge in [-0.05, 0) is 58.8 Å². The molecule has 0 aromatic carbocycles. The van der Waals surface area contributed by atoms with Crippen molar-refractivity contribution in [2.45, 2.75) is 90.6 Å². The Morgan fingerprint density at radius 3 is 2.45 bits per heavy atom. The first-order chi connectivity index (χ1) is 14.7. The maximum absolute atomic E-state index is 12.2. The second kappa shape index (κ2) is 12.5. The lowest BCUT2D eigenvalue weighted by molar-refractivity contribution is -0.0721. The topological polar surface area (TPSA) is 84.4 Å². The Balaban J connectivity index is 1.74.